The summed E-state index contributed by atoms with van der Waals surface area (Å²) in [4.78, 5) is 24.6. The number of aryl methyl sites for hydroxylation is 1. The third kappa shape index (κ3) is 3.04. The van der Waals surface area contributed by atoms with Crippen LogP contribution in [-0.2, 0) is 0 Å². The highest BCUT2D eigenvalue weighted by molar-refractivity contribution is 9.10. The molecule has 0 spiro atoms. The maximum absolute atomic E-state index is 12.1. The SMILES string of the molecule is Cc1nccn1-c1ccc(NC(=O)c2cncc(Br)c2)cn1. The molecular formula is C15H12BrN5O. The number of nitrogens with one attached hydrogen (secondary N) is 1. The van der Waals surface area contributed by atoms with Gasteiger partial charge in [-0.25, -0.2) is 9.97 Å². The van der Waals surface area contributed by atoms with Crippen LogP contribution in [0.1, 0.15) is 16.2 Å². The molecule has 0 saturated carbocycles. The summed E-state index contributed by atoms with van der Waals surface area (Å²) >= 11 is 3.29. The Morgan fingerprint density at radius 3 is 2.73 bits per heavy atom. The first-order valence-electron chi connectivity index (χ1n) is 6.52. The van der Waals surface area contributed by atoms with Gasteiger partial charge in [-0.3, -0.25) is 14.3 Å². The standard InChI is InChI=1S/C15H12BrN5O/c1-10-18-4-5-21(10)14-3-2-13(9-19-14)20-15(22)11-6-12(16)8-17-7-11/h2-9H,1H3,(H,20,22). The second-order valence-corrected chi connectivity index (χ2v) is 5.51. The van der Waals surface area contributed by atoms with Gasteiger partial charge in [-0.15, -0.1) is 0 Å². The Kier molecular flexibility index (Phi) is 3.97. The van der Waals surface area contributed by atoms with E-state index in [0.29, 0.717) is 11.3 Å². The van der Waals surface area contributed by atoms with Crippen molar-refractivity contribution in [1.29, 1.82) is 0 Å². The average molecular weight is 358 g/mol. The minimum absolute atomic E-state index is 0.234. The maximum Gasteiger partial charge on any atom is 0.257 e. The second-order valence-electron chi connectivity index (χ2n) is 4.60. The van der Waals surface area contributed by atoms with E-state index >= 15 is 0 Å². The fraction of sp³-hybridized carbons (Fsp3) is 0.0667. The number of amides is 1. The van der Waals surface area contributed by atoms with E-state index in [0.717, 1.165) is 16.1 Å². The normalized spacial score (nSPS) is 10.5. The fourth-order valence-electron chi connectivity index (χ4n) is 1.96. The molecule has 22 heavy (non-hydrogen) atoms. The number of hydrogen-bond acceptors (Lipinski definition) is 4. The third-order valence-electron chi connectivity index (χ3n) is 3.05. The number of pyridine rings is 2. The van der Waals surface area contributed by atoms with E-state index in [2.05, 4.69) is 36.2 Å². The molecule has 3 aromatic rings. The molecule has 0 bridgehead atoms. The summed E-state index contributed by atoms with van der Waals surface area (Å²) in [5.74, 6) is 1.36. The van der Waals surface area contributed by atoms with Crippen LogP contribution >= 0.6 is 15.9 Å². The highest BCUT2D eigenvalue weighted by atomic mass is 79.9. The van der Waals surface area contributed by atoms with Crippen molar-refractivity contribution in [3.8, 4) is 5.82 Å². The third-order valence-corrected chi connectivity index (χ3v) is 3.48. The predicted octanol–water partition coefficient (Wildman–Crippen LogP) is 2.99. The summed E-state index contributed by atoms with van der Waals surface area (Å²) in [6.07, 6.45) is 8.30. The van der Waals surface area contributed by atoms with Crippen LogP contribution < -0.4 is 5.32 Å². The van der Waals surface area contributed by atoms with Crippen LogP contribution in [0, 0.1) is 6.92 Å². The van der Waals surface area contributed by atoms with Crippen molar-refractivity contribution in [2.75, 3.05) is 5.32 Å². The summed E-state index contributed by atoms with van der Waals surface area (Å²) in [5, 5.41) is 2.79. The molecule has 0 saturated heterocycles. The van der Waals surface area contributed by atoms with Gasteiger partial charge in [0, 0.05) is 29.3 Å². The number of carbonyl (C=O) groups excluding carboxylic acids is 1. The zero-order valence-corrected chi connectivity index (χ0v) is 13.3. The van der Waals surface area contributed by atoms with Gasteiger partial charge < -0.3 is 5.32 Å². The first-order chi connectivity index (χ1) is 10.6. The summed E-state index contributed by atoms with van der Waals surface area (Å²) in [7, 11) is 0. The summed E-state index contributed by atoms with van der Waals surface area (Å²) < 4.78 is 2.62. The van der Waals surface area contributed by atoms with E-state index in [-0.39, 0.29) is 5.91 Å². The number of hydrogen-bond donors (Lipinski definition) is 1. The molecule has 0 aliphatic rings. The number of nitrogens with zero attached hydrogens (tertiary/aromatic N) is 4. The molecule has 3 aromatic heterocycles. The molecular weight excluding hydrogens is 346 g/mol. The van der Waals surface area contributed by atoms with Gasteiger partial charge in [-0.05, 0) is 41.1 Å². The molecule has 3 heterocycles. The molecule has 0 aliphatic heterocycles. The number of anilines is 1. The minimum Gasteiger partial charge on any atom is -0.321 e. The van der Waals surface area contributed by atoms with Crippen molar-refractivity contribution in [2.24, 2.45) is 0 Å². The zero-order valence-electron chi connectivity index (χ0n) is 11.7. The summed E-state index contributed by atoms with van der Waals surface area (Å²) in [5.41, 5.74) is 1.09. The molecule has 1 amide bonds. The highest BCUT2D eigenvalue weighted by Gasteiger charge is 2.08. The lowest BCUT2D eigenvalue weighted by molar-refractivity contribution is 0.102. The molecule has 0 atom stereocenters. The van der Waals surface area contributed by atoms with Crippen molar-refractivity contribution in [2.45, 2.75) is 6.92 Å². The van der Waals surface area contributed by atoms with Crippen LogP contribution in [0.5, 0.6) is 0 Å². The van der Waals surface area contributed by atoms with Crippen LogP contribution in [-0.4, -0.2) is 25.4 Å². The van der Waals surface area contributed by atoms with Crippen molar-refractivity contribution < 1.29 is 4.79 Å². The number of imidazole rings is 1. The van der Waals surface area contributed by atoms with Crippen LogP contribution in [0.3, 0.4) is 0 Å². The van der Waals surface area contributed by atoms with Crippen LogP contribution in [0.2, 0.25) is 0 Å². The van der Waals surface area contributed by atoms with Gasteiger partial charge >= 0.3 is 0 Å². The van der Waals surface area contributed by atoms with Gasteiger partial charge in [-0.2, -0.15) is 0 Å². The smallest absolute Gasteiger partial charge is 0.257 e. The topological polar surface area (TPSA) is 72.7 Å². The van der Waals surface area contributed by atoms with E-state index in [4.69, 9.17) is 0 Å². The average Bonchev–Trinajstić information content (AvgIpc) is 2.94. The minimum atomic E-state index is -0.234. The van der Waals surface area contributed by atoms with Crippen LogP contribution in [0.15, 0.2) is 53.7 Å². The zero-order chi connectivity index (χ0) is 15.5. The molecule has 1 N–H and O–H groups in total. The lowest BCUT2D eigenvalue weighted by atomic mass is 10.2. The lowest BCUT2D eigenvalue weighted by Crippen LogP contribution is -2.12. The van der Waals surface area contributed by atoms with Gasteiger partial charge in [0.25, 0.3) is 5.91 Å². The number of carbonyl (C=O) groups is 1. The van der Waals surface area contributed by atoms with Gasteiger partial charge in [0.15, 0.2) is 0 Å². The Morgan fingerprint density at radius 2 is 2.09 bits per heavy atom. The fourth-order valence-corrected chi connectivity index (χ4v) is 2.33. The molecule has 7 heteroatoms. The van der Waals surface area contributed by atoms with Gasteiger partial charge in [0.05, 0.1) is 17.4 Å². The Morgan fingerprint density at radius 1 is 1.23 bits per heavy atom. The van der Waals surface area contributed by atoms with E-state index in [9.17, 15) is 4.79 Å². The molecule has 0 aliphatic carbocycles. The largest absolute Gasteiger partial charge is 0.321 e. The number of halogens is 1. The second kappa shape index (κ2) is 6.07. The molecule has 0 radical (unpaired) electrons. The van der Waals surface area contributed by atoms with Crippen molar-refractivity contribution in [1.82, 2.24) is 19.5 Å². The molecule has 0 fully saturated rings. The van der Waals surface area contributed by atoms with Crippen molar-refractivity contribution in [3.05, 3.63) is 65.0 Å². The number of aromatic nitrogens is 4. The first kappa shape index (κ1) is 14.4. The van der Waals surface area contributed by atoms with Gasteiger partial charge in [0.1, 0.15) is 11.6 Å². The monoisotopic (exact) mass is 357 g/mol. The van der Waals surface area contributed by atoms with Crippen LogP contribution in [0.4, 0.5) is 5.69 Å². The molecule has 0 aromatic carbocycles. The molecule has 110 valence electrons. The van der Waals surface area contributed by atoms with E-state index in [1.165, 1.54) is 6.20 Å². The lowest BCUT2D eigenvalue weighted by Gasteiger charge is -2.07. The number of rotatable bonds is 3. The first-order valence-corrected chi connectivity index (χ1v) is 7.31. The van der Waals surface area contributed by atoms with Crippen LogP contribution in [0.25, 0.3) is 5.82 Å². The molecule has 6 nitrogen and oxygen atoms in total. The van der Waals surface area contributed by atoms with Gasteiger partial charge in [-0.1, -0.05) is 0 Å². The molecule has 0 unspecified atom stereocenters. The Hall–Kier alpha value is -2.54. The molecule has 3 rings (SSSR count). The van der Waals surface area contributed by atoms with E-state index < -0.39 is 0 Å². The summed E-state index contributed by atoms with van der Waals surface area (Å²) in [6.45, 7) is 1.90. The Bertz CT molecular complexity index is 813. The summed E-state index contributed by atoms with van der Waals surface area (Å²) in [6, 6.07) is 5.33. The van der Waals surface area contributed by atoms with Crippen molar-refractivity contribution in [3.63, 3.8) is 0 Å². The Balaban J connectivity index is 1.76. The van der Waals surface area contributed by atoms with E-state index in [1.807, 2.05) is 23.8 Å². The predicted molar refractivity (Wildman–Crippen MR) is 86.0 cm³/mol. The highest BCUT2D eigenvalue weighted by Crippen LogP contribution is 2.14. The van der Waals surface area contributed by atoms with Gasteiger partial charge in [0.2, 0.25) is 0 Å². The maximum atomic E-state index is 12.1. The Labute approximate surface area is 135 Å². The quantitative estimate of drug-likeness (QED) is 0.781. The van der Waals surface area contributed by atoms with E-state index in [1.54, 1.807) is 30.7 Å². The van der Waals surface area contributed by atoms with Crippen molar-refractivity contribution >= 4 is 27.5 Å².